The highest BCUT2D eigenvalue weighted by atomic mass is 16.5. The Morgan fingerprint density at radius 3 is 1.74 bits per heavy atom. The second-order valence-corrected chi connectivity index (χ2v) is 5.35. The summed E-state index contributed by atoms with van der Waals surface area (Å²) >= 11 is 0. The van der Waals surface area contributed by atoms with Crippen molar-refractivity contribution in [1.29, 1.82) is 0 Å². The lowest BCUT2D eigenvalue weighted by atomic mass is 9.98. The van der Waals surface area contributed by atoms with Gasteiger partial charge in [-0.25, -0.2) is 0 Å². The summed E-state index contributed by atoms with van der Waals surface area (Å²) in [6.45, 7) is 0.484. The zero-order valence-electron chi connectivity index (χ0n) is 12.4. The Morgan fingerprint density at radius 1 is 0.826 bits per heavy atom. The molecule has 1 saturated heterocycles. The summed E-state index contributed by atoms with van der Waals surface area (Å²) in [6.07, 6.45) is 3.44. The van der Waals surface area contributed by atoms with Gasteiger partial charge in [0.25, 0.3) is 0 Å². The van der Waals surface area contributed by atoms with Crippen molar-refractivity contribution >= 4 is 17.9 Å². The summed E-state index contributed by atoms with van der Waals surface area (Å²) in [5.74, 6) is 0.223. The Bertz CT molecular complexity index is 737. The molecule has 116 valence electrons. The minimum atomic E-state index is -0.0806. The SMILES string of the molecule is O=C1/C(=C/c2cccc(O)c2)COC/C1=C\c1cccc(O)c1. The molecule has 1 aliphatic heterocycles. The number of ketones is 1. The first kappa shape index (κ1) is 15.1. The normalized spacial score (nSPS) is 18.5. The van der Waals surface area contributed by atoms with Gasteiger partial charge in [0.2, 0.25) is 0 Å². The first-order valence-corrected chi connectivity index (χ1v) is 7.23. The average Bonchev–Trinajstić information content (AvgIpc) is 2.51. The van der Waals surface area contributed by atoms with Crippen molar-refractivity contribution in [2.45, 2.75) is 0 Å². The predicted molar refractivity (Wildman–Crippen MR) is 88.0 cm³/mol. The minimum Gasteiger partial charge on any atom is -0.508 e. The van der Waals surface area contributed by atoms with Crippen molar-refractivity contribution in [3.8, 4) is 11.5 Å². The van der Waals surface area contributed by atoms with Crippen molar-refractivity contribution in [3.05, 3.63) is 70.8 Å². The van der Waals surface area contributed by atoms with Gasteiger partial charge in [-0.15, -0.1) is 0 Å². The van der Waals surface area contributed by atoms with Crippen LogP contribution in [-0.2, 0) is 9.53 Å². The molecule has 3 rings (SSSR count). The van der Waals surface area contributed by atoms with Gasteiger partial charge >= 0.3 is 0 Å². The number of phenols is 2. The fourth-order valence-electron chi connectivity index (χ4n) is 2.45. The van der Waals surface area contributed by atoms with Gasteiger partial charge in [-0.3, -0.25) is 4.79 Å². The molecule has 0 aromatic heterocycles. The standard InChI is InChI=1S/C19H16O4/c20-17-5-1-3-13(9-17)7-15-11-23-12-16(19(15)22)8-14-4-2-6-18(21)10-14/h1-10,20-21H,11-12H2/b15-7+,16-8+. The molecule has 4 heteroatoms. The van der Waals surface area contributed by atoms with E-state index in [9.17, 15) is 15.0 Å². The first-order chi connectivity index (χ1) is 11.1. The van der Waals surface area contributed by atoms with Crippen molar-refractivity contribution in [2.75, 3.05) is 13.2 Å². The van der Waals surface area contributed by atoms with E-state index in [4.69, 9.17) is 4.74 Å². The number of carbonyl (C=O) groups is 1. The van der Waals surface area contributed by atoms with Gasteiger partial charge in [0, 0.05) is 11.1 Å². The van der Waals surface area contributed by atoms with E-state index in [1.807, 2.05) is 12.1 Å². The maximum absolute atomic E-state index is 12.6. The zero-order valence-corrected chi connectivity index (χ0v) is 12.4. The predicted octanol–water partition coefficient (Wildman–Crippen LogP) is 3.16. The fraction of sp³-hybridized carbons (Fsp3) is 0.105. The van der Waals surface area contributed by atoms with Gasteiger partial charge in [-0.1, -0.05) is 24.3 Å². The Balaban J connectivity index is 1.89. The van der Waals surface area contributed by atoms with Gasteiger partial charge in [0.15, 0.2) is 5.78 Å². The molecule has 4 nitrogen and oxygen atoms in total. The van der Waals surface area contributed by atoms with E-state index in [2.05, 4.69) is 0 Å². The lowest BCUT2D eigenvalue weighted by molar-refractivity contribution is -0.114. The number of hydrogen-bond donors (Lipinski definition) is 2. The molecule has 0 radical (unpaired) electrons. The molecule has 23 heavy (non-hydrogen) atoms. The van der Waals surface area contributed by atoms with Crippen LogP contribution in [-0.4, -0.2) is 29.2 Å². The first-order valence-electron chi connectivity index (χ1n) is 7.23. The number of Topliss-reactive ketones (excluding diaryl/α,β-unsaturated/α-hetero) is 1. The van der Waals surface area contributed by atoms with Gasteiger partial charge < -0.3 is 14.9 Å². The maximum Gasteiger partial charge on any atom is 0.189 e. The largest absolute Gasteiger partial charge is 0.508 e. The molecule has 2 aromatic carbocycles. The van der Waals surface area contributed by atoms with E-state index in [0.717, 1.165) is 11.1 Å². The van der Waals surface area contributed by atoms with Crippen LogP contribution in [0.15, 0.2) is 59.7 Å². The number of carbonyl (C=O) groups excluding carboxylic acids is 1. The lowest BCUT2D eigenvalue weighted by Gasteiger charge is -2.17. The topological polar surface area (TPSA) is 66.8 Å². The molecule has 1 aliphatic rings. The van der Waals surface area contributed by atoms with Crippen molar-refractivity contribution < 1.29 is 19.7 Å². The van der Waals surface area contributed by atoms with E-state index < -0.39 is 0 Å². The molecule has 0 bridgehead atoms. The number of rotatable bonds is 2. The van der Waals surface area contributed by atoms with E-state index in [0.29, 0.717) is 11.1 Å². The fourth-order valence-corrected chi connectivity index (χ4v) is 2.45. The van der Waals surface area contributed by atoms with E-state index in [1.165, 1.54) is 0 Å². The quantitative estimate of drug-likeness (QED) is 0.836. The summed E-state index contributed by atoms with van der Waals surface area (Å²) in [5, 5.41) is 19.0. The molecule has 2 N–H and O–H groups in total. The van der Waals surface area contributed by atoms with Crippen LogP contribution in [0.5, 0.6) is 11.5 Å². The molecule has 0 unspecified atom stereocenters. The van der Waals surface area contributed by atoms with Crippen LogP contribution in [0, 0.1) is 0 Å². The molecule has 0 saturated carbocycles. The third-order valence-corrected chi connectivity index (χ3v) is 3.52. The van der Waals surface area contributed by atoms with Crippen LogP contribution >= 0.6 is 0 Å². The zero-order chi connectivity index (χ0) is 16.2. The van der Waals surface area contributed by atoms with E-state index in [1.54, 1.807) is 48.6 Å². The van der Waals surface area contributed by atoms with Crippen LogP contribution in [0.2, 0.25) is 0 Å². The number of hydrogen-bond acceptors (Lipinski definition) is 4. The molecule has 0 atom stereocenters. The Morgan fingerprint density at radius 2 is 1.30 bits per heavy atom. The highest BCUT2D eigenvalue weighted by Crippen LogP contribution is 2.22. The summed E-state index contributed by atoms with van der Waals surface area (Å²) in [6, 6.07) is 13.4. The molecule has 0 amide bonds. The monoisotopic (exact) mass is 308 g/mol. The van der Waals surface area contributed by atoms with Crippen molar-refractivity contribution in [3.63, 3.8) is 0 Å². The van der Waals surface area contributed by atoms with Crippen molar-refractivity contribution in [2.24, 2.45) is 0 Å². The second-order valence-electron chi connectivity index (χ2n) is 5.35. The highest BCUT2D eigenvalue weighted by Gasteiger charge is 2.21. The number of ether oxygens (including phenoxy) is 1. The molecular formula is C19H16O4. The van der Waals surface area contributed by atoms with Crippen LogP contribution in [0.1, 0.15) is 11.1 Å². The third kappa shape index (κ3) is 3.67. The molecule has 1 heterocycles. The summed E-state index contributed by atoms with van der Waals surface area (Å²) in [4.78, 5) is 12.6. The Kier molecular flexibility index (Phi) is 4.26. The number of benzene rings is 2. The molecule has 2 aromatic rings. The van der Waals surface area contributed by atoms with Crippen LogP contribution in [0.4, 0.5) is 0 Å². The molecule has 0 spiro atoms. The highest BCUT2D eigenvalue weighted by molar-refractivity contribution is 6.14. The Labute approximate surface area is 134 Å². The second kappa shape index (κ2) is 6.50. The number of phenolic OH excluding ortho intramolecular Hbond substituents is 2. The summed E-state index contributed by atoms with van der Waals surface area (Å²) in [7, 11) is 0. The van der Waals surface area contributed by atoms with Gasteiger partial charge in [-0.05, 0) is 47.5 Å². The van der Waals surface area contributed by atoms with Crippen molar-refractivity contribution in [1.82, 2.24) is 0 Å². The number of aromatic hydroxyl groups is 2. The average molecular weight is 308 g/mol. The third-order valence-electron chi connectivity index (χ3n) is 3.52. The Hall–Kier alpha value is -2.85. The summed E-state index contributed by atoms with van der Waals surface area (Å²) in [5.41, 5.74) is 2.56. The van der Waals surface area contributed by atoms with Crippen LogP contribution < -0.4 is 0 Å². The van der Waals surface area contributed by atoms with Gasteiger partial charge in [0.1, 0.15) is 11.5 Å². The molecule has 0 aliphatic carbocycles. The van der Waals surface area contributed by atoms with Crippen LogP contribution in [0.3, 0.4) is 0 Å². The minimum absolute atomic E-state index is 0.0806. The lowest BCUT2D eigenvalue weighted by Crippen LogP contribution is -2.21. The van der Waals surface area contributed by atoms with Gasteiger partial charge in [0.05, 0.1) is 13.2 Å². The molecule has 1 fully saturated rings. The summed E-state index contributed by atoms with van der Waals surface area (Å²) < 4.78 is 5.49. The molecular weight excluding hydrogens is 292 g/mol. The van der Waals surface area contributed by atoms with E-state index >= 15 is 0 Å². The van der Waals surface area contributed by atoms with E-state index in [-0.39, 0.29) is 30.5 Å². The maximum atomic E-state index is 12.6. The smallest absolute Gasteiger partial charge is 0.189 e. The van der Waals surface area contributed by atoms with Crippen LogP contribution in [0.25, 0.3) is 12.2 Å². The van der Waals surface area contributed by atoms with Gasteiger partial charge in [-0.2, -0.15) is 0 Å².